The van der Waals surface area contributed by atoms with Gasteiger partial charge in [0.1, 0.15) is 4.83 Å². The van der Waals surface area contributed by atoms with Crippen molar-refractivity contribution in [2.24, 2.45) is 0 Å². The molecule has 2 aromatic carbocycles. The van der Waals surface area contributed by atoms with Gasteiger partial charge in [0.05, 0.1) is 14.6 Å². The van der Waals surface area contributed by atoms with Crippen LogP contribution in [0.4, 0.5) is 0 Å². The van der Waals surface area contributed by atoms with E-state index in [4.69, 9.17) is 10.7 Å². The maximum Gasteiger partial charge on any atom is 1.00 e. The molecule has 0 spiro atoms. The van der Waals surface area contributed by atoms with Gasteiger partial charge in [0.15, 0.2) is 0 Å². The first-order chi connectivity index (χ1) is 23.4. The monoisotopic (exact) mass is 816 g/mol. The van der Waals surface area contributed by atoms with E-state index in [-0.39, 0.29) is 56.3 Å². The molecule has 0 bridgehead atoms. The third-order valence-electron chi connectivity index (χ3n) is 6.83. The van der Waals surface area contributed by atoms with Gasteiger partial charge >= 0.3 is 51.4 Å². The molecular formula is C36H46ClKN4O5S4. The van der Waals surface area contributed by atoms with Gasteiger partial charge in [0.2, 0.25) is 0 Å². The van der Waals surface area contributed by atoms with Crippen LogP contribution in [0.3, 0.4) is 0 Å². The van der Waals surface area contributed by atoms with Crippen LogP contribution in [0.5, 0.6) is 0 Å². The number of hydrogen-bond donors (Lipinski definition) is 1. The summed E-state index contributed by atoms with van der Waals surface area (Å²) in [5.41, 5.74) is 1.76. The van der Waals surface area contributed by atoms with E-state index in [0.29, 0.717) is 4.90 Å². The normalized spacial score (nSPS) is 11.7. The Bertz CT molecular complexity index is 2110. The Hall–Kier alpha value is -1.37. The van der Waals surface area contributed by atoms with Crippen LogP contribution < -0.4 is 56.5 Å². The molecule has 0 fully saturated rings. The molecule has 0 saturated carbocycles. The third kappa shape index (κ3) is 15.1. The van der Waals surface area contributed by atoms with Crippen molar-refractivity contribution in [3.8, 4) is 0 Å². The van der Waals surface area contributed by atoms with E-state index in [2.05, 4.69) is 46.5 Å². The molecule has 51 heavy (non-hydrogen) atoms. The summed E-state index contributed by atoms with van der Waals surface area (Å²) in [7, 11) is 6.21. The molecule has 0 unspecified atom stereocenters. The molecule has 4 heterocycles. The second kappa shape index (κ2) is 20.9. The molecule has 272 valence electrons. The zero-order valence-corrected chi connectivity index (χ0v) is 37.6. The zero-order valence-electron chi connectivity index (χ0n) is 30.5. The summed E-state index contributed by atoms with van der Waals surface area (Å²) >= 11 is 3.23. The largest absolute Gasteiger partial charge is 1.00 e. The first-order valence-electron chi connectivity index (χ1n) is 15.8. The second-order valence-electron chi connectivity index (χ2n) is 12.9. The fraction of sp³-hybridized carbons (Fsp3) is 0.333. The van der Waals surface area contributed by atoms with Crippen molar-refractivity contribution in [2.45, 2.75) is 49.0 Å². The van der Waals surface area contributed by atoms with Crippen LogP contribution in [0.1, 0.15) is 31.9 Å². The first-order valence-corrected chi connectivity index (χ1v) is 21.3. The SMILES string of the molecule is CC(C)(C)[O-].CN(C)CCc1c[nH]c2sccc12.CN(C)CCc1cn(S(=O)(=O)c2ccccc2)c2sccc12.O=S(=O)(Cl)c1ccccc1.[K+]. The van der Waals surface area contributed by atoms with Crippen LogP contribution in [-0.2, 0) is 31.9 Å². The Balaban J connectivity index is 0.000000265. The molecule has 15 heteroatoms. The Morgan fingerprint density at radius 1 is 0.745 bits per heavy atom. The van der Waals surface area contributed by atoms with Crippen LogP contribution >= 0.6 is 33.4 Å². The molecule has 1 N–H and O–H groups in total. The number of thiophene rings is 2. The quantitative estimate of drug-likeness (QED) is 0.172. The van der Waals surface area contributed by atoms with Crippen molar-refractivity contribution in [2.75, 3.05) is 41.3 Å². The van der Waals surface area contributed by atoms with E-state index in [1.54, 1.807) is 80.8 Å². The van der Waals surface area contributed by atoms with Crippen LogP contribution in [0.15, 0.2) is 106 Å². The predicted octanol–water partition coefficient (Wildman–Crippen LogP) is 4.14. The summed E-state index contributed by atoms with van der Waals surface area (Å²) in [5.74, 6) is 0. The molecule has 4 aromatic heterocycles. The van der Waals surface area contributed by atoms with E-state index >= 15 is 0 Å². The van der Waals surface area contributed by atoms with Gasteiger partial charge in [-0.1, -0.05) is 57.2 Å². The fourth-order valence-corrected chi connectivity index (χ4v) is 8.59. The maximum absolute atomic E-state index is 12.9. The minimum absolute atomic E-state index is 0. The average Bonchev–Trinajstić information content (AvgIpc) is 3.83. The smallest absolute Gasteiger partial charge is 0.850 e. The molecule has 0 radical (unpaired) electrons. The van der Waals surface area contributed by atoms with E-state index in [1.807, 2.05) is 31.6 Å². The van der Waals surface area contributed by atoms with Gasteiger partial charge in [0, 0.05) is 46.9 Å². The molecule has 0 saturated heterocycles. The van der Waals surface area contributed by atoms with Crippen LogP contribution in [0, 0.1) is 0 Å². The summed E-state index contributed by atoms with van der Waals surface area (Å²) in [6.07, 6.45) is 5.86. The van der Waals surface area contributed by atoms with Crippen molar-refractivity contribution in [1.29, 1.82) is 0 Å². The van der Waals surface area contributed by atoms with E-state index in [0.717, 1.165) is 41.7 Å². The van der Waals surface area contributed by atoms with E-state index in [9.17, 15) is 21.9 Å². The van der Waals surface area contributed by atoms with Crippen molar-refractivity contribution >= 4 is 72.9 Å². The number of halogens is 1. The summed E-state index contributed by atoms with van der Waals surface area (Å²) < 4.78 is 48.3. The number of nitrogens with one attached hydrogen (secondary N) is 1. The molecule has 0 aliphatic carbocycles. The molecular weight excluding hydrogens is 771 g/mol. The molecule has 0 atom stereocenters. The van der Waals surface area contributed by atoms with Gasteiger partial charge in [-0.3, -0.25) is 0 Å². The van der Waals surface area contributed by atoms with Gasteiger partial charge in [-0.15, -0.1) is 28.3 Å². The first kappa shape index (κ1) is 45.8. The number of likely N-dealkylation sites (N-methyl/N-ethyl adjacent to an activating group) is 2. The standard InChI is InChI=1S/C16H18N2O2S2.C10H14N2S.C6H5ClO2S.C4H9O.K/c1-17(2)10-8-13-12-18(16-15(13)9-11-21-16)22(19,20)14-6-4-3-5-7-14;1-12(2)5-3-8-7-11-10-9(8)4-6-13-10;7-10(8,9)6-4-2-1-3-5-6;1-4(2,3)5;/h3-7,9,11-12H,8,10H2,1-2H3;4,6-7,11H,3,5H2,1-2H3;1-5H;1-3H3;/q;;;-1;+1. The minimum atomic E-state index is -3.54. The Kier molecular flexibility index (Phi) is 18.8. The minimum Gasteiger partial charge on any atom is -0.850 e. The van der Waals surface area contributed by atoms with Crippen LogP contribution in [0.2, 0.25) is 0 Å². The van der Waals surface area contributed by atoms with Crippen molar-refractivity contribution in [3.63, 3.8) is 0 Å². The summed E-state index contributed by atoms with van der Waals surface area (Å²) in [5, 5.41) is 16.6. The van der Waals surface area contributed by atoms with Crippen molar-refractivity contribution < 1.29 is 73.3 Å². The number of hydrogen-bond acceptors (Lipinski definition) is 9. The molecule has 0 amide bonds. The maximum atomic E-state index is 12.9. The molecule has 0 aliphatic heterocycles. The number of aromatic amines is 1. The van der Waals surface area contributed by atoms with Gasteiger partial charge in [-0.2, -0.15) is 0 Å². The van der Waals surface area contributed by atoms with Crippen molar-refractivity contribution in [1.82, 2.24) is 18.8 Å². The number of H-pyrrole nitrogens is 1. The summed E-state index contributed by atoms with van der Waals surface area (Å²) in [4.78, 5) is 10.1. The predicted molar refractivity (Wildman–Crippen MR) is 209 cm³/mol. The number of benzene rings is 2. The molecule has 9 nitrogen and oxygen atoms in total. The second-order valence-corrected chi connectivity index (χ2v) is 19.0. The Morgan fingerprint density at radius 3 is 1.71 bits per heavy atom. The van der Waals surface area contributed by atoms with Crippen LogP contribution in [-0.4, -0.2) is 82.5 Å². The zero-order chi connectivity index (χ0) is 37.1. The number of aromatic nitrogens is 2. The van der Waals surface area contributed by atoms with Gasteiger partial charge < -0.3 is 19.9 Å². The summed E-state index contributed by atoms with van der Waals surface area (Å²) in [6.45, 7) is 6.90. The van der Waals surface area contributed by atoms with Crippen LogP contribution in [0.25, 0.3) is 20.4 Å². The van der Waals surface area contributed by atoms with Gasteiger partial charge in [-0.25, -0.2) is 20.8 Å². The molecule has 6 aromatic rings. The molecule has 6 rings (SSSR count). The fourth-order valence-electron chi connectivity index (χ4n) is 4.45. The third-order valence-corrected chi connectivity index (χ3v) is 11.8. The average molecular weight is 818 g/mol. The number of fused-ring (bicyclic) bond motifs is 2. The number of rotatable bonds is 9. The Labute approximate surface area is 358 Å². The molecule has 0 aliphatic rings. The van der Waals surface area contributed by atoms with Gasteiger partial charge in [-0.05, 0) is 99.3 Å². The van der Waals surface area contributed by atoms with Gasteiger partial charge in [0.25, 0.3) is 19.1 Å². The van der Waals surface area contributed by atoms with E-state index in [1.165, 1.54) is 43.2 Å². The topological polar surface area (TPSA) is 119 Å². The Morgan fingerprint density at radius 2 is 1.22 bits per heavy atom. The summed E-state index contributed by atoms with van der Waals surface area (Å²) in [6, 6.07) is 20.6. The van der Waals surface area contributed by atoms with Crippen molar-refractivity contribution in [3.05, 3.63) is 107 Å². The number of nitrogens with zero attached hydrogens (tertiary/aromatic N) is 3. The van der Waals surface area contributed by atoms with E-state index < -0.39 is 24.7 Å².